The highest BCUT2D eigenvalue weighted by Crippen LogP contribution is 2.59. The van der Waals surface area contributed by atoms with Crippen LogP contribution in [0.15, 0.2) is 297 Å². The van der Waals surface area contributed by atoms with Gasteiger partial charge in [-0.2, -0.15) is 0 Å². The molecule has 104 heavy (non-hydrogen) atoms. The molecular weight excluding hydrogens is 1260 g/mol. The molecule has 4 aliphatic carbocycles. The number of piperidine rings is 4. The molecule has 498 valence electrons. The van der Waals surface area contributed by atoms with Gasteiger partial charge in [0.2, 0.25) is 0 Å². The Labute approximate surface area is 611 Å². The Morgan fingerprint density at radius 1 is 0.260 bits per heavy atom. The van der Waals surface area contributed by atoms with Gasteiger partial charge in [-0.15, -0.1) is 0 Å². The molecule has 0 amide bonds. The van der Waals surface area contributed by atoms with Gasteiger partial charge < -0.3 is 29.8 Å². The fraction of sp³-hybridized carbons (Fsp3) is 0.188. The molecule has 4 saturated carbocycles. The summed E-state index contributed by atoms with van der Waals surface area (Å²) in [6, 6.07) is 116. The third-order valence-electron chi connectivity index (χ3n) is 26.3. The molecule has 25 rings (SSSR count). The van der Waals surface area contributed by atoms with Crippen molar-refractivity contribution in [1.29, 1.82) is 0 Å². The van der Waals surface area contributed by atoms with E-state index in [1.807, 2.05) is 0 Å². The maximum atomic E-state index is 4.60. The summed E-state index contributed by atoms with van der Waals surface area (Å²) in [6.45, 7) is -0.281. The Hall–Kier alpha value is -11.2. The van der Waals surface area contributed by atoms with Crippen molar-refractivity contribution in [3.8, 4) is 55.6 Å². The summed E-state index contributed by atoms with van der Waals surface area (Å²) < 4.78 is 0. The maximum absolute atomic E-state index is 4.60. The minimum atomic E-state index is -0.150. The molecule has 8 heteroatoms. The fourth-order valence-corrected chi connectivity index (χ4v) is 22.7. The Morgan fingerprint density at radius 3 is 1.11 bits per heavy atom. The van der Waals surface area contributed by atoms with Gasteiger partial charge in [-0.3, -0.25) is 0 Å². The number of para-hydroxylation sites is 5. The van der Waals surface area contributed by atoms with Crippen molar-refractivity contribution >= 4 is 120 Å². The largest absolute Gasteiger partial charge is 0.365 e. The minimum Gasteiger partial charge on any atom is -0.365 e. The third kappa shape index (κ3) is 8.90. The molecule has 6 nitrogen and oxygen atoms in total. The van der Waals surface area contributed by atoms with E-state index < -0.39 is 0 Å². The summed E-state index contributed by atoms with van der Waals surface area (Å²) in [7, 11) is 0. The molecule has 0 spiro atoms. The monoisotopic (exact) mass is 1340 g/mol. The van der Waals surface area contributed by atoms with E-state index in [1.54, 1.807) is 0 Å². The first-order chi connectivity index (χ1) is 51.6. The van der Waals surface area contributed by atoms with Crippen LogP contribution in [-0.4, -0.2) is 37.6 Å². The van der Waals surface area contributed by atoms with Crippen molar-refractivity contribution in [2.24, 2.45) is 23.7 Å². The van der Waals surface area contributed by atoms with Crippen molar-refractivity contribution in [2.45, 2.75) is 88.4 Å². The quantitative estimate of drug-likeness (QED) is 0.137. The van der Waals surface area contributed by atoms with E-state index in [4.69, 9.17) is 0 Å². The first-order valence-electron chi connectivity index (χ1n) is 38.6. The molecule has 8 fully saturated rings. The lowest BCUT2D eigenvalue weighted by molar-refractivity contribution is 0.0899. The van der Waals surface area contributed by atoms with Gasteiger partial charge in [-0.25, -0.2) is 0 Å². The second-order valence-corrected chi connectivity index (χ2v) is 31.9. The van der Waals surface area contributed by atoms with Crippen LogP contribution in [0.4, 0.5) is 73.9 Å². The van der Waals surface area contributed by atoms with Crippen molar-refractivity contribution in [3.63, 3.8) is 0 Å². The van der Waals surface area contributed by atoms with Crippen LogP contribution >= 0.6 is 0 Å². The Morgan fingerprint density at radius 2 is 0.644 bits per heavy atom. The fourth-order valence-electron chi connectivity index (χ4n) is 22.7. The molecule has 4 saturated heterocycles. The predicted molar refractivity (Wildman–Crippen MR) is 437 cm³/mol. The van der Waals surface area contributed by atoms with Gasteiger partial charge >= 0.3 is 0 Å². The third-order valence-corrected chi connectivity index (χ3v) is 26.3. The highest BCUT2D eigenvalue weighted by atomic mass is 15.3. The summed E-state index contributed by atoms with van der Waals surface area (Å²) in [6.07, 6.45) is 12.9. The molecule has 0 atom stereocenters. The predicted octanol–water partition coefficient (Wildman–Crippen LogP) is 20.0. The zero-order valence-corrected chi connectivity index (χ0v) is 58.4. The van der Waals surface area contributed by atoms with Gasteiger partial charge in [0.15, 0.2) is 0 Å². The van der Waals surface area contributed by atoms with Gasteiger partial charge in [-0.05, 0) is 197 Å². The summed E-state index contributed by atoms with van der Waals surface area (Å²) in [4.78, 5) is 14.1. The number of nitrogens with one attached hydrogen (secondary N) is 1. The lowest BCUT2D eigenvalue weighted by Crippen LogP contribution is -2.65. The van der Waals surface area contributed by atoms with Crippen molar-refractivity contribution in [1.82, 2.24) is 0 Å². The van der Waals surface area contributed by atoms with Crippen molar-refractivity contribution < 1.29 is 0 Å². The molecule has 0 unspecified atom stereocenters. The van der Waals surface area contributed by atoms with Crippen LogP contribution in [0.2, 0.25) is 0 Å². The zero-order valence-electron chi connectivity index (χ0n) is 58.4. The lowest BCUT2D eigenvalue weighted by Gasteiger charge is -2.58. The summed E-state index contributed by atoms with van der Waals surface area (Å²) in [5, 5.41) is 4.60. The summed E-state index contributed by atoms with van der Waals surface area (Å²) in [5.74, 6) is 3.23. The highest BCUT2D eigenvalue weighted by Gasteiger charge is 2.53. The van der Waals surface area contributed by atoms with Crippen LogP contribution in [-0.2, 0) is 0 Å². The summed E-state index contributed by atoms with van der Waals surface area (Å²) in [5.41, 5.74) is 36.3. The number of hydrogen-bond acceptors (Lipinski definition) is 6. The van der Waals surface area contributed by atoms with Crippen molar-refractivity contribution in [3.05, 3.63) is 297 Å². The van der Waals surface area contributed by atoms with E-state index in [0.29, 0.717) is 24.2 Å². The van der Waals surface area contributed by atoms with Gasteiger partial charge in [0.1, 0.15) is 0 Å². The van der Waals surface area contributed by atoms with Crippen LogP contribution in [0.3, 0.4) is 0 Å². The highest BCUT2D eigenvalue weighted by molar-refractivity contribution is 7.03. The minimum absolute atomic E-state index is 0.131. The maximum Gasteiger partial charge on any atom is 0.252 e. The summed E-state index contributed by atoms with van der Waals surface area (Å²) >= 11 is 0. The number of rotatable bonds is 10. The van der Waals surface area contributed by atoms with Crippen LogP contribution in [0.1, 0.15) is 64.2 Å². The van der Waals surface area contributed by atoms with E-state index in [9.17, 15) is 0 Å². The molecule has 13 aromatic rings. The number of anilines is 13. The zero-order chi connectivity index (χ0) is 67.8. The molecular formula is C96H78B2N6. The van der Waals surface area contributed by atoms with Crippen molar-refractivity contribution in [2.75, 3.05) is 29.8 Å². The van der Waals surface area contributed by atoms with E-state index in [-0.39, 0.29) is 13.4 Å². The van der Waals surface area contributed by atoms with Crippen LogP contribution < -0.4 is 62.6 Å². The number of hydrogen-bond donors (Lipinski definition) is 1. The first-order valence-corrected chi connectivity index (χ1v) is 38.6. The Bertz CT molecular complexity index is 5440. The molecule has 0 aromatic heterocycles. The SMILES string of the molecule is c1ccc(-c2cccc(-c3ccccc3)c2N2c3ccccc3B3c4cc5c(cc4N(c4ccccc4)c4cc(N6C7CC8CC(C7)CC6C8)cc2c43)Nc2c3c(cc(N4C6CC7CC(C6)CC4C7)c2-c2ccccc2)N(c2c(-c4ccccc4)cccc2-c2ccccc2)c2ccccc2B53)cc1. The van der Waals surface area contributed by atoms with E-state index in [1.165, 1.54) is 221 Å². The number of benzene rings is 13. The van der Waals surface area contributed by atoms with E-state index >= 15 is 0 Å². The molecule has 8 bridgehead atoms. The Balaban J connectivity index is 0.817. The smallest absolute Gasteiger partial charge is 0.252 e. The molecule has 8 heterocycles. The van der Waals surface area contributed by atoms with E-state index in [0.717, 1.165) is 29.4 Å². The number of fused-ring (bicyclic) bond motifs is 8. The molecule has 8 aliphatic heterocycles. The average molecular weight is 1340 g/mol. The number of nitrogens with zero attached hydrogens (tertiary/aromatic N) is 5. The van der Waals surface area contributed by atoms with Gasteiger partial charge in [0.05, 0.1) is 11.4 Å². The average Bonchev–Trinajstić information content (AvgIpc) is 0.684. The van der Waals surface area contributed by atoms with E-state index in [2.05, 4.69) is 327 Å². The molecule has 13 aromatic carbocycles. The second kappa shape index (κ2) is 23.1. The van der Waals surface area contributed by atoms with Gasteiger partial charge in [0, 0.05) is 115 Å². The van der Waals surface area contributed by atoms with Gasteiger partial charge in [-0.1, -0.05) is 249 Å². The normalized spacial score (nSPS) is 22.0. The van der Waals surface area contributed by atoms with Crippen LogP contribution in [0, 0.1) is 23.7 Å². The molecule has 1 N–H and O–H groups in total. The second-order valence-electron chi connectivity index (χ2n) is 31.9. The molecule has 12 aliphatic rings. The van der Waals surface area contributed by atoms with Crippen LogP contribution in [0.25, 0.3) is 55.6 Å². The lowest BCUT2D eigenvalue weighted by atomic mass is 9.30. The first kappa shape index (κ1) is 59.3. The standard InChI is InChI=1S/C96H78B2N6/c1-7-25-64(26-8-1)75-37-23-38-76(65-27-9-2-10-28-65)95(75)103-85-44-22-20-42-80(85)98-82-57-81-83(58-86(82)102(69-35-17-6-18-36-69)88-55-74(56-89(103)92(88)98)100-70-47-60-45-61(49-70)50-71(100)48-60)99-94-91(68-33-15-5-16-34-68)87(101-72-51-62-46-63(53-72)54-73(101)52-62)59-90-93(94)97(81)79-41-19-21-43-84(79)104(90)96-77(66-29-11-3-12-30-66)39-24-40-78(96)67-31-13-4-14-32-67/h1-44,55-63,70-73,99H,45-54H2. The van der Waals surface area contributed by atoms with Crippen LogP contribution in [0.5, 0.6) is 0 Å². The van der Waals surface area contributed by atoms with Gasteiger partial charge in [0.25, 0.3) is 13.4 Å². The Kier molecular flexibility index (Phi) is 13.2. The topological polar surface area (TPSA) is 28.2 Å². The molecule has 0 radical (unpaired) electrons.